The van der Waals surface area contributed by atoms with Crippen molar-refractivity contribution in [2.24, 2.45) is 5.73 Å². The van der Waals surface area contributed by atoms with Crippen molar-refractivity contribution in [1.82, 2.24) is 4.72 Å². The summed E-state index contributed by atoms with van der Waals surface area (Å²) in [6.45, 7) is 7.85. The summed E-state index contributed by atoms with van der Waals surface area (Å²) >= 11 is 0. The highest BCUT2D eigenvalue weighted by Crippen LogP contribution is 2.38. The van der Waals surface area contributed by atoms with Crippen molar-refractivity contribution in [3.05, 3.63) is 22.8 Å². The van der Waals surface area contributed by atoms with E-state index in [1.165, 1.54) is 0 Å². The minimum atomic E-state index is -3.53. The third-order valence-corrected chi connectivity index (χ3v) is 5.36. The molecule has 0 saturated heterocycles. The van der Waals surface area contributed by atoms with Crippen molar-refractivity contribution < 1.29 is 13.2 Å². The molecule has 1 aliphatic heterocycles. The van der Waals surface area contributed by atoms with Crippen LogP contribution in [0.5, 0.6) is 5.75 Å². The van der Waals surface area contributed by atoms with Crippen molar-refractivity contribution in [3.63, 3.8) is 0 Å². The molecule has 3 N–H and O–H groups in total. The Bertz CT molecular complexity index is 624. The molecule has 0 radical (unpaired) electrons. The Morgan fingerprint density at radius 2 is 2.00 bits per heavy atom. The fourth-order valence-corrected chi connectivity index (χ4v) is 4.04. The van der Waals surface area contributed by atoms with Gasteiger partial charge in [0.05, 0.1) is 11.5 Å². The molecule has 0 fully saturated rings. The Morgan fingerprint density at radius 1 is 1.35 bits per heavy atom. The lowest BCUT2D eigenvalue weighted by molar-refractivity contribution is 0.266. The highest BCUT2D eigenvalue weighted by molar-refractivity contribution is 7.89. The van der Waals surface area contributed by atoms with Crippen molar-refractivity contribution >= 4 is 10.0 Å². The zero-order valence-corrected chi connectivity index (χ0v) is 13.2. The van der Waals surface area contributed by atoms with E-state index in [-0.39, 0.29) is 12.1 Å². The molecular formula is C14H22N2O3S. The van der Waals surface area contributed by atoms with Crippen LogP contribution in [-0.2, 0) is 10.0 Å². The largest absolute Gasteiger partial charge is 0.493 e. The molecule has 0 bridgehead atoms. The lowest BCUT2D eigenvalue weighted by Gasteiger charge is -2.27. The number of fused-ring (bicyclic) bond motifs is 1. The molecule has 1 heterocycles. The van der Waals surface area contributed by atoms with Crippen LogP contribution in [0.4, 0.5) is 0 Å². The molecule has 5 nitrogen and oxygen atoms in total. The third kappa shape index (κ3) is 2.68. The summed E-state index contributed by atoms with van der Waals surface area (Å²) in [4.78, 5) is 0.295. The average Bonchev–Trinajstić information content (AvgIpc) is 2.32. The second-order valence-corrected chi connectivity index (χ2v) is 7.25. The summed E-state index contributed by atoms with van der Waals surface area (Å²) < 4.78 is 33.1. The van der Waals surface area contributed by atoms with E-state index >= 15 is 0 Å². The number of benzene rings is 1. The van der Waals surface area contributed by atoms with Gasteiger partial charge in [0.2, 0.25) is 10.0 Å². The Kier molecular flexibility index (Phi) is 4.09. The van der Waals surface area contributed by atoms with E-state index in [9.17, 15) is 8.42 Å². The van der Waals surface area contributed by atoms with Gasteiger partial charge in [-0.25, -0.2) is 13.1 Å². The first-order chi connectivity index (χ1) is 9.24. The molecule has 1 aliphatic rings. The van der Waals surface area contributed by atoms with Crippen LogP contribution in [0.1, 0.15) is 43.0 Å². The number of nitrogens with one attached hydrogen (secondary N) is 1. The topological polar surface area (TPSA) is 81.4 Å². The fraction of sp³-hybridized carbons (Fsp3) is 0.571. The van der Waals surface area contributed by atoms with Gasteiger partial charge in [0, 0.05) is 24.1 Å². The zero-order valence-electron chi connectivity index (χ0n) is 12.4. The predicted molar refractivity (Wildman–Crippen MR) is 78.4 cm³/mol. The molecule has 1 atom stereocenters. The molecule has 112 valence electrons. The van der Waals surface area contributed by atoms with Crippen LogP contribution in [0.2, 0.25) is 0 Å². The molecule has 6 heteroatoms. The number of nitrogens with two attached hydrogens (primary N) is 1. The molecule has 1 unspecified atom stereocenters. The van der Waals surface area contributed by atoms with Gasteiger partial charge in [0.15, 0.2) is 0 Å². The van der Waals surface area contributed by atoms with E-state index in [2.05, 4.69) is 4.72 Å². The molecule has 0 saturated carbocycles. The highest BCUT2D eigenvalue weighted by Gasteiger charge is 2.27. The minimum Gasteiger partial charge on any atom is -0.493 e. The number of ether oxygens (including phenoxy) is 1. The van der Waals surface area contributed by atoms with Crippen LogP contribution in [0.25, 0.3) is 0 Å². The molecule has 0 aliphatic carbocycles. The van der Waals surface area contributed by atoms with Crippen LogP contribution >= 0.6 is 0 Å². The van der Waals surface area contributed by atoms with Crippen LogP contribution in [0.15, 0.2) is 11.0 Å². The normalized spacial score (nSPS) is 18.8. The molecular weight excluding hydrogens is 276 g/mol. The second-order valence-electron chi connectivity index (χ2n) is 5.56. The molecule has 2 rings (SSSR count). The SMILES string of the molecule is Cc1c(S(=O)(=O)NC(C)C)cc2c(c1C)OCCC2N. The Hall–Kier alpha value is -1.11. The monoisotopic (exact) mass is 298 g/mol. The summed E-state index contributed by atoms with van der Waals surface area (Å²) in [5, 5.41) is 0. The molecule has 1 aromatic rings. The standard InChI is InChI=1S/C14H22N2O3S/c1-8(2)16-20(17,18)13-7-11-12(15)5-6-19-14(11)10(4)9(13)3/h7-8,12,16H,5-6,15H2,1-4H3. The highest BCUT2D eigenvalue weighted by atomic mass is 32.2. The Morgan fingerprint density at radius 3 is 2.60 bits per heavy atom. The summed E-state index contributed by atoms with van der Waals surface area (Å²) in [6, 6.07) is 1.33. The van der Waals surface area contributed by atoms with Crippen LogP contribution in [0.3, 0.4) is 0 Å². The lowest BCUT2D eigenvalue weighted by Crippen LogP contribution is -2.31. The van der Waals surface area contributed by atoms with E-state index in [1.54, 1.807) is 26.8 Å². The number of hydrogen-bond donors (Lipinski definition) is 2. The molecule has 1 aromatic carbocycles. The maximum Gasteiger partial charge on any atom is 0.241 e. The molecule has 0 aromatic heterocycles. The van der Waals surface area contributed by atoms with E-state index in [0.29, 0.717) is 23.5 Å². The quantitative estimate of drug-likeness (QED) is 0.891. The summed E-state index contributed by atoms with van der Waals surface area (Å²) in [5.41, 5.74) is 8.43. The van der Waals surface area contributed by atoms with Gasteiger partial charge >= 0.3 is 0 Å². The van der Waals surface area contributed by atoms with E-state index in [0.717, 1.165) is 16.9 Å². The van der Waals surface area contributed by atoms with E-state index in [1.807, 2.05) is 6.92 Å². The van der Waals surface area contributed by atoms with Crippen LogP contribution in [-0.4, -0.2) is 21.1 Å². The van der Waals surface area contributed by atoms with E-state index < -0.39 is 10.0 Å². The second kappa shape index (κ2) is 5.35. The fourth-order valence-electron chi connectivity index (χ4n) is 2.45. The summed E-state index contributed by atoms with van der Waals surface area (Å²) in [6.07, 6.45) is 0.701. The summed E-state index contributed by atoms with van der Waals surface area (Å²) in [5.74, 6) is 0.741. The maximum atomic E-state index is 12.4. The van der Waals surface area contributed by atoms with Crippen molar-refractivity contribution in [1.29, 1.82) is 0 Å². The minimum absolute atomic E-state index is 0.152. The van der Waals surface area contributed by atoms with Crippen LogP contribution < -0.4 is 15.2 Å². The Balaban J connectivity index is 2.61. The van der Waals surface area contributed by atoms with E-state index in [4.69, 9.17) is 10.5 Å². The number of hydrogen-bond acceptors (Lipinski definition) is 4. The van der Waals surface area contributed by atoms with Gasteiger partial charge in [-0.1, -0.05) is 0 Å². The Labute approximate surface area is 120 Å². The van der Waals surface area contributed by atoms with Gasteiger partial charge in [-0.3, -0.25) is 0 Å². The maximum absolute atomic E-state index is 12.4. The van der Waals surface area contributed by atoms with Gasteiger partial charge in [-0.05, 0) is 44.9 Å². The first kappa shape index (κ1) is 15.3. The van der Waals surface area contributed by atoms with Gasteiger partial charge in [-0.15, -0.1) is 0 Å². The lowest BCUT2D eigenvalue weighted by atomic mass is 9.96. The average molecular weight is 298 g/mol. The zero-order chi connectivity index (χ0) is 15.1. The first-order valence-corrected chi connectivity index (χ1v) is 8.27. The van der Waals surface area contributed by atoms with Crippen molar-refractivity contribution in [2.75, 3.05) is 6.61 Å². The van der Waals surface area contributed by atoms with Crippen LogP contribution in [0, 0.1) is 13.8 Å². The molecule has 0 spiro atoms. The smallest absolute Gasteiger partial charge is 0.241 e. The molecule has 20 heavy (non-hydrogen) atoms. The van der Waals surface area contributed by atoms with Gasteiger partial charge in [0.1, 0.15) is 5.75 Å². The van der Waals surface area contributed by atoms with Crippen molar-refractivity contribution in [2.45, 2.75) is 51.1 Å². The predicted octanol–water partition coefficient (Wildman–Crippen LogP) is 1.77. The van der Waals surface area contributed by atoms with Gasteiger partial charge in [0.25, 0.3) is 0 Å². The van der Waals surface area contributed by atoms with Gasteiger partial charge in [-0.2, -0.15) is 0 Å². The number of rotatable bonds is 3. The third-order valence-electron chi connectivity index (χ3n) is 3.58. The van der Waals surface area contributed by atoms with Crippen molar-refractivity contribution in [3.8, 4) is 5.75 Å². The molecule has 0 amide bonds. The summed E-state index contributed by atoms with van der Waals surface area (Å²) in [7, 11) is -3.53. The first-order valence-electron chi connectivity index (χ1n) is 6.79. The van der Waals surface area contributed by atoms with Gasteiger partial charge < -0.3 is 10.5 Å². The number of sulfonamides is 1.